The number of halogens is 2. The molecule has 7 nitrogen and oxygen atoms in total. The number of aliphatic hydroxyl groups excluding tert-OH is 1. The lowest BCUT2D eigenvalue weighted by molar-refractivity contribution is -0.141. The summed E-state index contributed by atoms with van der Waals surface area (Å²) in [4.78, 5) is 32.1. The Morgan fingerprint density at radius 1 is 1.16 bits per heavy atom. The molecule has 1 aliphatic carbocycles. The van der Waals surface area contributed by atoms with E-state index in [1.807, 2.05) is 0 Å². The van der Waals surface area contributed by atoms with Crippen molar-refractivity contribution in [3.63, 3.8) is 0 Å². The number of Topliss-reactive ketones (excluding diaryl/α,β-unsaturated/α-hetero) is 1. The van der Waals surface area contributed by atoms with Crippen LogP contribution >= 0.6 is 23.2 Å². The second-order valence-electron chi connectivity index (χ2n) is 7.72. The zero-order valence-corrected chi connectivity index (χ0v) is 19.1. The number of carbonyl (C=O) groups excluding carboxylic acids is 2. The van der Waals surface area contributed by atoms with Gasteiger partial charge in [0.15, 0.2) is 11.5 Å². The summed E-state index contributed by atoms with van der Waals surface area (Å²) in [5, 5.41) is 11.5. The van der Waals surface area contributed by atoms with Crippen molar-refractivity contribution >= 4 is 40.7 Å². The summed E-state index contributed by atoms with van der Waals surface area (Å²) >= 11 is 12.7. The molecule has 2 fully saturated rings. The largest absolute Gasteiger partial charge is 0.507 e. The summed E-state index contributed by atoms with van der Waals surface area (Å²) in [5.41, 5.74) is 0.678. The van der Waals surface area contributed by atoms with Gasteiger partial charge in [-0.25, -0.2) is 0 Å². The predicted molar refractivity (Wildman–Crippen MR) is 120 cm³/mol. The molecule has 1 atom stereocenters. The minimum Gasteiger partial charge on any atom is -0.507 e. The summed E-state index contributed by atoms with van der Waals surface area (Å²) < 4.78 is 10.6. The Morgan fingerprint density at radius 2 is 1.84 bits per heavy atom. The fourth-order valence-corrected chi connectivity index (χ4v) is 5.25. The highest BCUT2D eigenvalue weighted by molar-refractivity contribution is 6.47. The van der Waals surface area contributed by atoms with Crippen LogP contribution in [-0.2, 0) is 9.59 Å². The summed E-state index contributed by atoms with van der Waals surface area (Å²) in [7, 11) is 2.78. The Kier molecular flexibility index (Phi) is 6.31. The summed E-state index contributed by atoms with van der Waals surface area (Å²) in [6.45, 7) is 0. The molecule has 2 aliphatic rings. The average Bonchev–Trinajstić information content (AvgIpc) is 3.41. The number of rotatable bonds is 5. The van der Waals surface area contributed by atoms with Gasteiger partial charge in [-0.15, -0.1) is 0 Å². The van der Waals surface area contributed by atoms with Crippen molar-refractivity contribution in [2.75, 3.05) is 14.2 Å². The van der Waals surface area contributed by atoms with Crippen molar-refractivity contribution in [3.8, 4) is 11.5 Å². The molecule has 0 spiro atoms. The van der Waals surface area contributed by atoms with Gasteiger partial charge < -0.3 is 19.5 Å². The first kappa shape index (κ1) is 22.4. The molecule has 0 bridgehead atoms. The summed E-state index contributed by atoms with van der Waals surface area (Å²) in [5.74, 6) is -1.56. The number of hydrogen-bond donors (Lipinski definition) is 1. The molecule has 4 rings (SSSR count). The molecule has 1 saturated heterocycles. The topological polar surface area (TPSA) is 89.0 Å². The number of methoxy groups -OCH3 is 2. The van der Waals surface area contributed by atoms with Crippen molar-refractivity contribution < 1.29 is 24.2 Å². The number of hydrogen-bond acceptors (Lipinski definition) is 6. The van der Waals surface area contributed by atoms with Gasteiger partial charge in [-0.05, 0) is 30.5 Å². The number of nitrogens with zero attached hydrogens (tertiary/aromatic N) is 2. The van der Waals surface area contributed by atoms with Crippen LogP contribution in [0.3, 0.4) is 0 Å². The van der Waals surface area contributed by atoms with Gasteiger partial charge in [-0.2, -0.15) is 0 Å². The molecular weight excluding hydrogens is 455 g/mol. The lowest BCUT2D eigenvalue weighted by atomic mass is 9.95. The van der Waals surface area contributed by atoms with Crippen LogP contribution in [0.2, 0.25) is 10.0 Å². The first-order chi connectivity index (χ1) is 15.4. The number of aromatic nitrogens is 1. The Bertz CT molecular complexity index is 1100. The molecule has 168 valence electrons. The minimum absolute atomic E-state index is 0.0481. The van der Waals surface area contributed by atoms with Gasteiger partial charge in [0.05, 0.1) is 36.4 Å². The summed E-state index contributed by atoms with van der Waals surface area (Å²) in [6, 6.07) is 4.04. The van der Waals surface area contributed by atoms with Gasteiger partial charge in [0.1, 0.15) is 10.8 Å². The molecule has 2 aromatic rings. The van der Waals surface area contributed by atoms with Crippen LogP contribution in [0.25, 0.3) is 5.76 Å². The molecule has 1 aromatic heterocycles. The van der Waals surface area contributed by atoms with Gasteiger partial charge in [-0.1, -0.05) is 42.1 Å². The maximum absolute atomic E-state index is 13.2. The molecule has 1 N–H and O–H groups in total. The van der Waals surface area contributed by atoms with Gasteiger partial charge in [0, 0.05) is 18.4 Å². The lowest BCUT2D eigenvalue weighted by Gasteiger charge is -2.30. The first-order valence-electron chi connectivity index (χ1n) is 10.2. The van der Waals surface area contributed by atoms with Crippen molar-refractivity contribution in [2.45, 2.75) is 37.8 Å². The van der Waals surface area contributed by atoms with Crippen molar-refractivity contribution in [2.24, 2.45) is 0 Å². The molecule has 1 saturated carbocycles. The van der Waals surface area contributed by atoms with Crippen molar-refractivity contribution in [3.05, 3.63) is 57.3 Å². The van der Waals surface area contributed by atoms with Crippen LogP contribution in [0.4, 0.5) is 0 Å². The van der Waals surface area contributed by atoms with E-state index in [0.717, 1.165) is 25.7 Å². The number of likely N-dealkylation sites (tertiary alicyclic amines) is 1. The number of ether oxygens (including phenoxy) is 2. The first-order valence-corrected chi connectivity index (χ1v) is 11.0. The fourth-order valence-electron chi connectivity index (χ4n) is 4.57. The van der Waals surface area contributed by atoms with Gasteiger partial charge in [-0.3, -0.25) is 14.6 Å². The third kappa shape index (κ3) is 3.59. The van der Waals surface area contributed by atoms with Crippen LogP contribution in [0.5, 0.6) is 11.5 Å². The van der Waals surface area contributed by atoms with Crippen LogP contribution in [0, 0.1) is 0 Å². The van der Waals surface area contributed by atoms with E-state index in [4.69, 9.17) is 32.7 Å². The monoisotopic (exact) mass is 476 g/mol. The second-order valence-corrected chi connectivity index (χ2v) is 8.50. The minimum atomic E-state index is -0.781. The molecule has 1 aliphatic heterocycles. The Balaban J connectivity index is 1.96. The number of ketones is 1. The molecule has 9 heteroatoms. The Hall–Kier alpha value is -2.77. The van der Waals surface area contributed by atoms with E-state index in [1.165, 1.54) is 20.3 Å². The molecule has 1 amide bonds. The van der Waals surface area contributed by atoms with Crippen LogP contribution in [0.1, 0.15) is 42.9 Å². The average molecular weight is 477 g/mol. The van der Waals surface area contributed by atoms with Crippen LogP contribution in [0.15, 0.2) is 36.2 Å². The predicted octanol–water partition coefficient (Wildman–Crippen LogP) is 4.77. The van der Waals surface area contributed by atoms with E-state index >= 15 is 0 Å². The second kappa shape index (κ2) is 9.00. The van der Waals surface area contributed by atoms with E-state index in [2.05, 4.69) is 4.98 Å². The Morgan fingerprint density at radius 3 is 2.44 bits per heavy atom. The van der Waals surface area contributed by atoms with Crippen molar-refractivity contribution in [1.29, 1.82) is 0 Å². The molecule has 0 radical (unpaired) electrons. The van der Waals surface area contributed by atoms with Gasteiger partial charge in [0.25, 0.3) is 11.7 Å². The molecule has 1 aromatic carbocycles. The third-order valence-corrected chi connectivity index (χ3v) is 6.62. The van der Waals surface area contributed by atoms with E-state index in [-0.39, 0.29) is 38.7 Å². The highest BCUT2D eigenvalue weighted by atomic mass is 35.5. The highest BCUT2D eigenvalue weighted by Gasteiger charge is 2.49. The van der Waals surface area contributed by atoms with Gasteiger partial charge in [0.2, 0.25) is 0 Å². The highest BCUT2D eigenvalue weighted by Crippen LogP contribution is 2.48. The molecule has 32 heavy (non-hydrogen) atoms. The van der Waals surface area contributed by atoms with E-state index in [9.17, 15) is 14.7 Å². The molecule has 2 heterocycles. The van der Waals surface area contributed by atoms with E-state index in [0.29, 0.717) is 5.56 Å². The molecule has 1 unspecified atom stereocenters. The van der Waals surface area contributed by atoms with E-state index in [1.54, 1.807) is 29.4 Å². The zero-order chi connectivity index (χ0) is 23.0. The van der Waals surface area contributed by atoms with Crippen LogP contribution in [-0.4, -0.2) is 46.9 Å². The number of aliphatic hydroxyl groups is 1. The SMILES string of the molecule is COc1c(Cl)cc(/C(O)=C2\C(=O)C(=O)N(C3CCCC3)C2c2cccnc2)c(OC)c1Cl. The number of pyridine rings is 1. The zero-order valence-electron chi connectivity index (χ0n) is 17.6. The molecular formula is C23H22Cl2N2O5. The number of amides is 1. The normalized spacial score (nSPS) is 20.8. The standard InChI is InChI=1S/C23H22Cl2N2O5/c1-31-21-14(10-15(24)22(32-2)17(21)25)19(28)16-18(12-6-5-9-26-11-12)27(23(30)20(16)29)13-7-3-4-8-13/h5-6,9-11,13,18,28H,3-4,7-8H2,1-2H3/b19-16+. The van der Waals surface area contributed by atoms with Crippen molar-refractivity contribution in [1.82, 2.24) is 9.88 Å². The van der Waals surface area contributed by atoms with Gasteiger partial charge >= 0.3 is 0 Å². The lowest BCUT2D eigenvalue weighted by Crippen LogP contribution is -2.37. The summed E-state index contributed by atoms with van der Waals surface area (Å²) in [6.07, 6.45) is 6.75. The number of benzene rings is 1. The van der Waals surface area contributed by atoms with Crippen LogP contribution < -0.4 is 9.47 Å². The maximum atomic E-state index is 13.2. The number of carbonyl (C=O) groups is 2. The quantitative estimate of drug-likeness (QED) is 0.379. The Labute approximate surface area is 195 Å². The maximum Gasteiger partial charge on any atom is 0.295 e. The fraction of sp³-hybridized carbons (Fsp3) is 0.348. The smallest absolute Gasteiger partial charge is 0.295 e. The van der Waals surface area contributed by atoms with E-state index < -0.39 is 23.5 Å². The third-order valence-electron chi connectivity index (χ3n) is 5.99.